The molecule has 0 bridgehead atoms. The Morgan fingerprint density at radius 2 is 1.93 bits per heavy atom. The topological polar surface area (TPSA) is 74.7 Å². The minimum Gasteiger partial charge on any atom is -0.493 e. The molecule has 4 atom stereocenters. The maximum Gasteiger partial charge on any atom is 0.164 e. The number of para-hydroxylation sites is 1. The molecule has 0 aliphatic carbocycles. The normalized spacial score (nSPS) is 25.3. The molecule has 1 aromatic heterocycles. The van der Waals surface area contributed by atoms with Gasteiger partial charge in [0.15, 0.2) is 23.8 Å². The lowest BCUT2D eigenvalue weighted by atomic mass is 10.1. The summed E-state index contributed by atoms with van der Waals surface area (Å²) in [6.45, 7) is 0.289. The van der Waals surface area contributed by atoms with Crippen LogP contribution in [-0.4, -0.2) is 54.8 Å². The first-order valence-electron chi connectivity index (χ1n) is 9.52. The largest absolute Gasteiger partial charge is 0.493 e. The van der Waals surface area contributed by atoms with Crippen molar-refractivity contribution in [1.82, 2.24) is 9.97 Å². The summed E-state index contributed by atoms with van der Waals surface area (Å²) in [4.78, 5) is 8.76. The highest BCUT2D eigenvalue weighted by molar-refractivity contribution is 9.10. The van der Waals surface area contributed by atoms with E-state index in [1.165, 1.54) is 6.33 Å². The minimum atomic E-state index is -1.12. The Morgan fingerprint density at radius 3 is 2.77 bits per heavy atom. The van der Waals surface area contributed by atoms with Crippen LogP contribution in [-0.2, 0) is 9.47 Å². The molecule has 2 fully saturated rings. The number of halogens is 2. The van der Waals surface area contributed by atoms with Gasteiger partial charge >= 0.3 is 0 Å². The summed E-state index contributed by atoms with van der Waals surface area (Å²) in [6, 6.07) is 11.4. The molecule has 2 aliphatic heterocycles. The number of fused-ring (bicyclic) bond motifs is 2. The van der Waals surface area contributed by atoms with Gasteiger partial charge in [-0.2, -0.15) is 0 Å². The van der Waals surface area contributed by atoms with E-state index in [4.69, 9.17) is 18.9 Å². The van der Waals surface area contributed by atoms with E-state index in [1.807, 2.05) is 30.3 Å². The molecular weight excluding hydrogens is 457 g/mol. The number of hydrogen-bond donors (Lipinski definition) is 1. The van der Waals surface area contributed by atoms with Gasteiger partial charge in [0, 0.05) is 15.9 Å². The van der Waals surface area contributed by atoms with Crippen LogP contribution in [0.15, 0.2) is 47.2 Å². The Morgan fingerprint density at radius 1 is 1.10 bits per heavy atom. The molecule has 2 aromatic carbocycles. The molecule has 7 nitrogen and oxygen atoms in total. The Bertz CT molecular complexity index is 1090. The van der Waals surface area contributed by atoms with E-state index in [2.05, 4.69) is 31.2 Å². The number of aromatic nitrogens is 2. The number of nitrogens with one attached hydrogen (secondary N) is 1. The van der Waals surface area contributed by atoms with Crippen LogP contribution >= 0.6 is 15.9 Å². The summed E-state index contributed by atoms with van der Waals surface area (Å²) in [6.07, 6.45) is -1.06. The summed E-state index contributed by atoms with van der Waals surface area (Å²) >= 11 is 3.53. The number of methoxy groups -OCH3 is 1. The number of ether oxygens (including phenoxy) is 4. The lowest BCUT2D eigenvalue weighted by Crippen LogP contribution is -2.33. The van der Waals surface area contributed by atoms with Gasteiger partial charge in [-0.3, -0.25) is 0 Å². The highest BCUT2D eigenvalue weighted by atomic mass is 79.9. The Balaban J connectivity index is 1.47. The van der Waals surface area contributed by atoms with E-state index in [0.717, 1.165) is 15.5 Å². The Kier molecular flexibility index (Phi) is 5.18. The molecule has 0 amide bonds. The zero-order chi connectivity index (χ0) is 20.7. The molecule has 3 heterocycles. The second-order valence-electron chi connectivity index (χ2n) is 7.12. The zero-order valence-corrected chi connectivity index (χ0v) is 17.6. The van der Waals surface area contributed by atoms with Gasteiger partial charge in [-0.15, -0.1) is 0 Å². The number of nitrogens with zero attached hydrogens (tertiary/aromatic N) is 2. The van der Waals surface area contributed by atoms with Crippen molar-refractivity contribution < 1.29 is 23.3 Å². The smallest absolute Gasteiger partial charge is 0.164 e. The van der Waals surface area contributed by atoms with Crippen molar-refractivity contribution >= 4 is 38.3 Å². The van der Waals surface area contributed by atoms with Crippen LogP contribution in [0.5, 0.6) is 11.5 Å². The van der Waals surface area contributed by atoms with E-state index in [9.17, 15) is 4.39 Å². The van der Waals surface area contributed by atoms with Gasteiger partial charge in [0.25, 0.3) is 0 Å². The van der Waals surface area contributed by atoms with Gasteiger partial charge in [-0.1, -0.05) is 12.1 Å². The number of hydrogen-bond acceptors (Lipinski definition) is 7. The highest BCUT2D eigenvalue weighted by Gasteiger charge is 2.49. The lowest BCUT2D eigenvalue weighted by molar-refractivity contribution is 0.0271. The quantitative estimate of drug-likeness (QED) is 0.596. The van der Waals surface area contributed by atoms with Crippen molar-refractivity contribution in [3.05, 3.63) is 47.2 Å². The lowest BCUT2D eigenvalue weighted by Gasteiger charge is -2.20. The van der Waals surface area contributed by atoms with E-state index < -0.39 is 24.5 Å². The molecule has 0 radical (unpaired) electrons. The average Bonchev–Trinajstić information content (AvgIpc) is 3.32. The second kappa shape index (κ2) is 7.98. The molecule has 30 heavy (non-hydrogen) atoms. The van der Waals surface area contributed by atoms with Gasteiger partial charge in [0.2, 0.25) is 0 Å². The minimum absolute atomic E-state index is 0.0291. The predicted octanol–water partition coefficient (Wildman–Crippen LogP) is 4.03. The number of rotatable bonds is 5. The first kappa shape index (κ1) is 19.5. The van der Waals surface area contributed by atoms with Crippen LogP contribution in [0.2, 0.25) is 0 Å². The summed E-state index contributed by atoms with van der Waals surface area (Å²) in [5, 5.41) is 4.09. The summed E-state index contributed by atoms with van der Waals surface area (Å²) in [7, 11) is 1.57. The predicted molar refractivity (Wildman–Crippen MR) is 112 cm³/mol. The molecule has 0 saturated carbocycles. The summed E-state index contributed by atoms with van der Waals surface area (Å²) < 4.78 is 37.5. The zero-order valence-electron chi connectivity index (χ0n) is 16.0. The third-order valence-electron chi connectivity index (χ3n) is 5.27. The van der Waals surface area contributed by atoms with Crippen molar-refractivity contribution in [2.75, 3.05) is 25.6 Å². The standard InChI is InChI=1S/C21H19BrFN3O4/c1-27-16-6-11-15(24-10-25-21(11)26-14-5-3-2-4-12(14)22)7-17(16)30-18-9-29-19-13(23)8-28-20(18)19/h2-7,10,13,18-20H,8-9H2,1H3,(H,24,25,26)/t13?,18?,19-,20-/m0/s1. The molecule has 2 aliphatic rings. The number of alkyl halides is 1. The van der Waals surface area contributed by atoms with Crippen LogP contribution in [0, 0.1) is 0 Å². The highest BCUT2D eigenvalue weighted by Crippen LogP contribution is 2.38. The molecule has 156 valence electrons. The molecular formula is C21H19BrFN3O4. The van der Waals surface area contributed by atoms with Crippen molar-refractivity contribution in [2.24, 2.45) is 0 Å². The van der Waals surface area contributed by atoms with Crippen molar-refractivity contribution in [2.45, 2.75) is 24.5 Å². The fourth-order valence-electron chi connectivity index (χ4n) is 3.79. The van der Waals surface area contributed by atoms with Gasteiger partial charge < -0.3 is 24.3 Å². The van der Waals surface area contributed by atoms with E-state index in [-0.39, 0.29) is 13.2 Å². The molecule has 5 rings (SSSR count). The average molecular weight is 476 g/mol. The maximum absolute atomic E-state index is 13.8. The molecule has 2 saturated heterocycles. The third-order valence-corrected chi connectivity index (χ3v) is 5.97. The fourth-order valence-corrected chi connectivity index (χ4v) is 4.17. The summed E-state index contributed by atoms with van der Waals surface area (Å²) in [5.41, 5.74) is 1.56. The number of anilines is 2. The van der Waals surface area contributed by atoms with Crippen LogP contribution in [0.3, 0.4) is 0 Å². The van der Waals surface area contributed by atoms with Gasteiger partial charge in [-0.25, -0.2) is 14.4 Å². The van der Waals surface area contributed by atoms with Crippen molar-refractivity contribution in [3.8, 4) is 11.5 Å². The van der Waals surface area contributed by atoms with Gasteiger partial charge in [0.1, 0.15) is 24.4 Å². The number of benzene rings is 2. The SMILES string of the molecule is COc1cc2c(Nc3ccccc3Br)ncnc2cc1OC1CO[C@H]2C(F)CO[C@@H]12. The fraction of sp³-hybridized carbons (Fsp3) is 0.333. The van der Waals surface area contributed by atoms with Crippen molar-refractivity contribution in [1.29, 1.82) is 0 Å². The van der Waals surface area contributed by atoms with Crippen LogP contribution in [0.25, 0.3) is 10.9 Å². The third kappa shape index (κ3) is 3.46. The first-order valence-corrected chi connectivity index (χ1v) is 10.3. The van der Waals surface area contributed by atoms with Crippen molar-refractivity contribution in [3.63, 3.8) is 0 Å². The molecule has 1 N–H and O–H groups in total. The van der Waals surface area contributed by atoms with E-state index >= 15 is 0 Å². The van der Waals surface area contributed by atoms with E-state index in [0.29, 0.717) is 22.8 Å². The first-order chi connectivity index (χ1) is 14.6. The maximum atomic E-state index is 13.8. The molecule has 0 spiro atoms. The summed E-state index contributed by atoms with van der Waals surface area (Å²) in [5.74, 6) is 1.65. The monoisotopic (exact) mass is 475 g/mol. The Hall–Kier alpha value is -2.49. The van der Waals surface area contributed by atoms with Crippen LogP contribution in [0.1, 0.15) is 0 Å². The van der Waals surface area contributed by atoms with Crippen LogP contribution in [0.4, 0.5) is 15.9 Å². The molecule has 2 unspecified atom stereocenters. The second-order valence-corrected chi connectivity index (χ2v) is 7.97. The van der Waals surface area contributed by atoms with E-state index in [1.54, 1.807) is 13.2 Å². The van der Waals surface area contributed by atoms with Crippen LogP contribution < -0.4 is 14.8 Å². The Labute approximate surface area is 180 Å². The van der Waals surface area contributed by atoms with Gasteiger partial charge in [0.05, 0.1) is 31.5 Å². The van der Waals surface area contributed by atoms with Gasteiger partial charge in [-0.05, 0) is 34.1 Å². The molecule has 3 aromatic rings. The molecule has 9 heteroatoms.